The van der Waals surface area contributed by atoms with E-state index >= 15 is 0 Å². The zero-order valence-electron chi connectivity index (χ0n) is 16.4. The van der Waals surface area contributed by atoms with Gasteiger partial charge in [0.25, 0.3) is 0 Å². The minimum atomic E-state index is -1.74. The third-order valence-electron chi connectivity index (χ3n) is 6.06. The first kappa shape index (κ1) is 21.0. The van der Waals surface area contributed by atoms with Crippen LogP contribution < -0.4 is 0 Å². The molecule has 0 spiro atoms. The maximum absolute atomic E-state index is 11.3. The largest absolute Gasteiger partial charge is 0.396 e. The van der Waals surface area contributed by atoms with Crippen LogP contribution in [0.3, 0.4) is 0 Å². The van der Waals surface area contributed by atoms with Gasteiger partial charge in [0.1, 0.15) is 17.8 Å². The molecule has 1 aliphatic carbocycles. The summed E-state index contributed by atoms with van der Waals surface area (Å²) in [5.74, 6) is -0.715. The van der Waals surface area contributed by atoms with Crippen molar-refractivity contribution >= 4 is 0 Å². The van der Waals surface area contributed by atoms with Gasteiger partial charge in [-0.2, -0.15) is 0 Å². The Morgan fingerprint density at radius 1 is 0.929 bits per heavy atom. The molecule has 0 aromatic heterocycles. The molecule has 152 valence electrons. The SMILES string of the molecule is CCc1ccc(Cc2ccc(C)c([C@]3(O)C[C@H](CO)[C@@H](O)[C@H](O)[C@H]3O)c2)cc1. The summed E-state index contributed by atoms with van der Waals surface area (Å²) >= 11 is 0. The Hall–Kier alpha value is -1.76. The summed E-state index contributed by atoms with van der Waals surface area (Å²) in [4.78, 5) is 0. The van der Waals surface area contributed by atoms with Crippen LogP contribution in [-0.2, 0) is 18.4 Å². The molecule has 1 aliphatic rings. The fraction of sp³-hybridized carbons (Fsp3) is 0.478. The molecule has 0 heterocycles. The Labute approximate surface area is 165 Å². The average molecular weight is 386 g/mol. The van der Waals surface area contributed by atoms with Gasteiger partial charge in [-0.25, -0.2) is 0 Å². The van der Waals surface area contributed by atoms with Crippen molar-refractivity contribution in [1.29, 1.82) is 0 Å². The van der Waals surface area contributed by atoms with E-state index in [2.05, 4.69) is 31.2 Å². The normalized spacial score (nSPS) is 30.4. The first-order chi connectivity index (χ1) is 13.3. The van der Waals surface area contributed by atoms with Crippen LogP contribution in [0.5, 0.6) is 0 Å². The van der Waals surface area contributed by atoms with Crippen molar-refractivity contribution in [2.45, 2.75) is 57.0 Å². The van der Waals surface area contributed by atoms with Crippen molar-refractivity contribution in [3.8, 4) is 0 Å². The van der Waals surface area contributed by atoms with E-state index in [9.17, 15) is 25.5 Å². The molecule has 0 saturated heterocycles. The molecule has 5 heteroatoms. The lowest BCUT2D eigenvalue weighted by atomic mass is 9.68. The van der Waals surface area contributed by atoms with E-state index in [0.717, 1.165) is 23.1 Å². The van der Waals surface area contributed by atoms with Gasteiger partial charge in [0.2, 0.25) is 0 Å². The molecule has 5 nitrogen and oxygen atoms in total. The minimum Gasteiger partial charge on any atom is -0.396 e. The number of benzene rings is 2. The van der Waals surface area contributed by atoms with Gasteiger partial charge in [0.15, 0.2) is 0 Å². The fourth-order valence-electron chi connectivity index (χ4n) is 4.21. The maximum Gasteiger partial charge on any atom is 0.119 e. The van der Waals surface area contributed by atoms with Crippen molar-refractivity contribution in [3.63, 3.8) is 0 Å². The van der Waals surface area contributed by atoms with Crippen LogP contribution in [0.4, 0.5) is 0 Å². The number of aliphatic hydroxyl groups is 5. The zero-order chi connectivity index (χ0) is 20.5. The van der Waals surface area contributed by atoms with E-state index in [1.54, 1.807) is 0 Å². The standard InChI is InChI=1S/C23H30O5/c1-3-15-6-8-16(9-7-15)10-17-5-4-14(2)19(11-17)23(28)12-18(13-24)20(25)21(26)22(23)27/h4-9,11,18,20-22,24-28H,3,10,12-13H2,1-2H3/t18-,20-,21+,22-,23-/m1/s1. The summed E-state index contributed by atoms with van der Waals surface area (Å²) in [6, 6.07) is 14.1. The quantitative estimate of drug-likeness (QED) is 0.535. The summed E-state index contributed by atoms with van der Waals surface area (Å²) in [5, 5.41) is 51.7. The van der Waals surface area contributed by atoms with Crippen molar-refractivity contribution in [2.24, 2.45) is 5.92 Å². The van der Waals surface area contributed by atoms with Crippen LogP contribution in [0.15, 0.2) is 42.5 Å². The second kappa shape index (κ2) is 8.31. The average Bonchev–Trinajstić information content (AvgIpc) is 2.71. The van der Waals surface area contributed by atoms with Crippen LogP contribution in [0.2, 0.25) is 0 Å². The third-order valence-corrected chi connectivity index (χ3v) is 6.06. The van der Waals surface area contributed by atoms with E-state index in [0.29, 0.717) is 12.0 Å². The van der Waals surface area contributed by atoms with Gasteiger partial charge < -0.3 is 25.5 Å². The predicted molar refractivity (Wildman–Crippen MR) is 107 cm³/mol. The molecule has 28 heavy (non-hydrogen) atoms. The first-order valence-corrected chi connectivity index (χ1v) is 9.85. The van der Waals surface area contributed by atoms with Gasteiger partial charge in [0.05, 0.1) is 6.10 Å². The van der Waals surface area contributed by atoms with Gasteiger partial charge in [0, 0.05) is 12.5 Å². The van der Waals surface area contributed by atoms with Crippen LogP contribution in [-0.4, -0.2) is 50.5 Å². The Kier molecular flexibility index (Phi) is 6.22. The number of aryl methyl sites for hydroxylation is 2. The fourth-order valence-corrected chi connectivity index (χ4v) is 4.21. The van der Waals surface area contributed by atoms with E-state index in [1.165, 1.54) is 5.56 Å². The van der Waals surface area contributed by atoms with Crippen LogP contribution in [0.25, 0.3) is 0 Å². The summed E-state index contributed by atoms with van der Waals surface area (Å²) in [5.41, 5.74) is 2.96. The molecular formula is C23H30O5. The second-order valence-corrected chi connectivity index (χ2v) is 7.99. The highest BCUT2D eigenvalue weighted by atomic mass is 16.4. The Bertz CT molecular complexity index is 801. The molecular weight excluding hydrogens is 356 g/mol. The molecule has 2 aromatic rings. The smallest absolute Gasteiger partial charge is 0.119 e. The highest BCUT2D eigenvalue weighted by molar-refractivity contribution is 5.39. The minimum absolute atomic E-state index is 0.0294. The molecule has 1 saturated carbocycles. The first-order valence-electron chi connectivity index (χ1n) is 9.85. The Morgan fingerprint density at radius 3 is 2.14 bits per heavy atom. The van der Waals surface area contributed by atoms with E-state index in [-0.39, 0.29) is 13.0 Å². The maximum atomic E-state index is 11.3. The van der Waals surface area contributed by atoms with E-state index in [4.69, 9.17) is 0 Å². The van der Waals surface area contributed by atoms with Crippen molar-refractivity contribution < 1.29 is 25.5 Å². The Balaban J connectivity index is 1.93. The molecule has 5 N–H and O–H groups in total. The molecule has 1 fully saturated rings. The van der Waals surface area contributed by atoms with Gasteiger partial charge in [-0.1, -0.05) is 49.4 Å². The van der Waals surface area contributed by atoms with Gasteiger partial charge >= 0.3 is 0 Å². The molecule has 5 atom stereocenters. The number of rotatable bonds is 5. The van der Waals surface area contributed by atoms with E-state index in [1.807, 2.05) is 25.1 Å². The molecule has 0 aliphatic heterocycles. The summed E-state index contributed by atoms with van der Waals surface area (Å²) in [6.45, 7) is 3.57. The summed E-state index contributed by atoms with van der Waals surface area (Å²) in [7, 11) is 0. The van der Waals surface area contributed by atoms with Crippen molar-refractivity contribution in [3.05, 3.63) is 70.3 Å². The predicted octanol–water partition coefficient (Wildman–Crippen LogP) is 1.43. The Morgan fingerprint density at radius 2 is 1.54 bits per heavy atom. The second-order valence-electron chi connectivity index (χ2n) is 7.99. The highest BCUT2D eigenvalue weighted by Crippen LogP contribution is 2.42. The number of aliphatic hydroxyl groups excluding tert-OH is 4. The van der Waals surface area contributed by atoms with Crippen LogP contribution >= 0.6 is 0 Å². The summed E-state index contributed by atoms with van der Waals surface area (Å²) in [6.07, 6.45) is -2.71. The van der Waals surface area contributed by atoms with E-state index < -0.39 is 29.8 Å². The van der Waals surface area contributed by atoms with Crippen LogP contribution in [0.1, 0.15) is 41.2 Å². The lowest BCUT2D eigenvalue weighted by molar-refractivity contribution is -0.213. The van der Waals surface area contributed by atoms with Crippen molar-refractivity contribution in [2.75, 3.05) is 6.61 Å². The number of hydrogen-bond donors (Lipinski definition) is 5. The third kappa shape index (κ3) is 3.86. The number of hydrogen-bond acceptors (Lipinski definition) is 5. The van der Waals surface area contributed by atoms with Crippen LogP contribution in [0, 0.1) is 12.8 Å². The zero-order valence-corrected chi connectivity index (χ0v) is 16.4. The van der Waals surface area contributed by atoms with Gasteiger partial charge in [-0.05, 0) is 54.0 Å². The molecule has 2 aromatic carbocycles. The molecule has 0 bridgehead atoms. The summed E-state index contributed by atoms with van der Waals surface area (Å²) < 4.78 is 0. The van der Waals surface area contributed by atoms with Gasteiger partial charge in [-0.15, -0.1) is 0 Å². The highest BCUT2D eigenvalue weighted by Gasteiger charge is 2.52. The molecule has 0 radical (unpaired) electrons. The molecule has 3 rings (SSSR count). The van der Waals surface area contributed by atoms with Crippen molar-refractivity contribution in [1.82, 2.24) is 0 Å². The van der Waals surface area contributed by atoms with Gasteiger partial charge in [-0.3, -0.25) is 0 Å². The lowest BCUT2D eigenvalue weighted by Crippen LogP contribution is -2.60. The molecule has 0 unspecified atom stereocenters. The lowest BCUT2D eigenvalue weighted by Gasteiger charge is -2.46. The monoisotopic (exact) mass is 386 g/mol. The molecule has 0 amide bonds. The topological polar surface area (TPSA) is 101 Å².